The van der Waals surface area contributed by atoms with E-state index in [-0.39, 0.29) is 5.76 Å². The van der Waals surface area contributed by atoms with Crippen LogP contribution in [0.1, 0.15) is 42.5 Å². The average molecular weight is 238 g/mol. The molecule has 0 radical (unpaired) electrons. The minimum atomic E-state index is -1.60. The molecule has 0 atom stereocenters. The maximum Gasteiger partial charge on any atom is 0.372 e. The van der Waals surface area contributed by atoms with E-state index in [9.17, 15) is 14.4 Å². The number of Topliss-reactive ketones (excluding diaryl/α,β-unsaturated/α-hetero) is 2. The van der Waals surface area contributed by atoms with E-state index in [0.717, 1.165) is 19.3 Å². The maximum absolute atomic E-state index is 11.5. The van der Waals surface area contributed by atoms with Crippen molar-refractivity contribution in [2.75, 3.05) is 0 Å². The second-order valence-electron chi connectivity index (χ2n) is 3.70. The lowest BCUT2D eigenvalue weighted by molar-refractivity contribution is -0.148. The first-order valence-corrected chi connectivity index (χ1v) is 5.42. The quantitative estimate of drug-likeness (QED) is 0.445. The van der Waals surface area contributed by atoms with Crippen molar-refractivity contribution >= 4 is 17.5 Å². The lowest BCUT2D eigenvalue weighted by Gasteiger charge is -1.95. The number of hydrogen-bond acceptors (Lipinski definition) is 4. The van der Waals surface area contributed by atoms with Gasteiger partial charge in [-0.2, -0.15) is 0 Å². The first kappa shape index (κ1) is 13.2. The molecule has 1 aromatic heterocycles. The van der Waals surface area contributed by atoms with Gasteiger partial charge in [-0.15, -0.1) is 0 Å². The molecule has 0 aliphatic heterocycles. The van der Waals surface area contributed by atoms with Crippen LogP contribution in [-0.2, 0) is 16.0 Å². The number of furan rings is 1. The van der Waals surface area contributed by atoms with E-state index in [1.54, 1.807) is 6.07 Å². The summed E-state index contributed by atoms with van der Waals surface area (Å²) in [5.74, 6) is -2.60. The molecule has 0 unspecified atom stereocenters. The van der Waals surface area contributed by atoms with Crippen molar-refractivity contribution in [2.45, 2.75) is 32.6 Å². The summed E-state index contributed by atoms with van der Waals surface area (Å²) in [4.78, 5) is 32.6. The van der Waals surface area contributed by atoms with Crippen LogP contribution in [0.5, 0.6) is 0 Å². The topological polar surface area (TPSA) is 84.6 Å². The molecule has 0 bridgehead atoms. The standard InChI is InChI=1S/C12H14O5/c1-2-3-4-8-5-6-11(17-8)9(13)7-10(14)12(15)16/h5-6H,2-4,7H2,1H3,(H,15,16). The van der Waals surface area contributed by atoms with Gasteiger partial charge in [0.05, 0.1) is 6.42 Å². The second-order valence-corrected chi connectivity index (χ2v) is 3.70. The number of carbonyl (C=O) groups excluding carboxylic acids is 2. The highest BCUT2D eigenvalue weighted by molar-refractivity contribution is 6.37. The number of carbonyl (C=O) groups is 3. The Bertz CT molecular complexity index is 430. The number of unbranched alkanes of at least 4 members (excludes halogenated alkanes) is 1. The van der Waals surface area contributed by atoms with Gasteiger partial charge in [0, 0.05) is 6.42 Å². The first-order chi connectivity index (χ1) is 8.04. The van der Waals surface area contributed by atoms with Crippen molar-refractivity contribution in [3.8, 4) is 0 Å². The molecule has 0 amide bonds. The highest BCUT2D eigenvalue weighted by Gasteiger charge is 2.20. The minimum absolute atomic E-state index is 0.0469. The maximum atomic E-state index is 11.5. The molecule has 0 aliphatic carbocycles. The smallest absolute Gasteiger partial charge is 0.372 e. The molecule has 92 valence electrons. The summed E-state index contributed by atoms with van der Waals surface area (Å²) in [7, 11) is 0. The molecule has 0 fully saturated rings. The largest absolute Gasteiger partial charge is 0.475 e. The summed E-state index contributed by atoms with van der Waals surface area (Å²) >= 11 is 0. The molecule has 1 rings (SSSR count). The van der Waals surface area contributed by atoms with Gasteiger partial charge in [0.15, 0.2) is 5.76 Å². The summed E-state index contributed by atoms with van der Waals surface area (Å²) in [5.41, 5.74) is 0. The van der Waals surface area contributed by atoms with Crippen LogP contribution in [0.4, 0.5) is 0 Å². The third-order valence-electron chi connectivity index (χ3n) is 2.27. The summed E-state index contributed by atoms with van der Waals surface area (Å²) in [5, 5.41) is 8.37. The Kier molecular flexibility index (Phi) is 4.63. The van der Waals surface area contributed by atoms with Gasteiger partial charge in [0.25, 0.3) is 0 Å². The van der Waals surface area contributed by atoms with Crippen molar-refractivity contribution in [2.24, 2.45) is 0 Å². The Hall–Kier alpha value is -1.91. The van der Waals surface area contributed by atoms with Crippen molar-refractivity contribution in [1.82, 2.24) is 0 Å². The van der Waals surface area contributed by atoms with Crippen LogP contribution in [-0.4, -0.2) is 22.6 Å². The number of aliphatic carboxylic acids is 1. The number of hydrogen-bond donors (Lipinski definition) is 1. The first-order valence-electron chi connectivity index (χ1n) is 5.42. The summed E-state index contributed by atoms with van der Waals surface area (Å²) < 4.78 is 5.23. The SMILES string of the molecule is CCCCc1ccc(C(=O)CC(=O)C(=O)O)o1. The van der Waals surface area contributed by atoms with E-state index in [2.05, 4.69) is 0 Å². The molecule has 1 aromatic rings. The molecular weight excluding hydrogens is 224 g/mol. The van der Waals surface area contributed by atoms with Crippen molar-refractivity contribution in [1.29, 1.82) is 0 Å². The molecule has 0 spiro atoms. The number of rotatable bonds is 7. The molecule has 0 aliphatic rings. The fourth-order valence-corrected chi connectivity index (χ4v) is 1.32. The van der Waals surface area contributed by atoms with Gasteiger partial charge < -0.3 is 9.52 Å². The molecule has 0 saturated carbocycles. The van der Waals surface area contributed by atoms with E-state index in [0.29, 0.717) is 5.76 Å². The van der Waals surface area contributed by atoms with Crippen LogP contribution in [0.2, 0.25) is 0 Å². The van der Waals surface area contributed by atoms with Crippen LogP contribution in [0.15, 0.2) is 16.5 Å². The zero-order valence-corrected chi connectivity index (χ0v) is 9.56. The van der Waals surface area contributed by atoms with E-state index >= 15 is 0 Å². The Morgan fingerprint density at radius 2 is 2.00 bits per heavy atom. The van der Waals surface area contributed by atoms with E-state index in [1.165, 1.54) is 6.07 Å². The van der Waals surface area contributed by atoms with Crippen LogP contribution in [0, 0.1) is 0 Å². The van der Waals surface area contributed by atoms with E-state index in [1.807, 2.05) is 6.92 Å². The normalized spacial score (nSPS) is 10.2. The predicted molar refractivity (Wildman–Crippen MR) is 58.9 cm³/mol. The van der Waals surface area contributed by atoms with Crippen molar-refractivity contribution in [3.63, 3.8) is 0 Å². The van der Waals surface area contributed by atoms with Crippen molar-refractivity contribution < 1.29 is 23.9 Å². The van der Waals surface area contributed by atoms with Gasteiger partial charge in [-0.05, 0) is 18.6 Å². The highest BCUT2D eigenvalue weighted by atomic mass is 16.4. The molecule has 5 heteroatoms. The van der Waals surface area contributed by atoms with Gasteiger partial charge >= 0.3 is 5.97 Å². The van der Waals surface area contributed by atoms with Crippen molar-refractivity contribution in [3.05, 3.63) is 23.7 Å². The Balaban J connectivity index is 2.60. The number of ketones is 2. The minimum Gasteiger partial charge on any atom is -0.475 e. The summed E-state index contributed by atoms with van der Waals surface area (Å²) in [6.45, 7) is 2.04. The lowest BCUT2D eigenvalue weighted by Crippen LogP contribution is -2.16. The van der Waals surface area contributed by atoms with Crippen LogP contribution < -0.4 is 0 Å². The number of aryl methyl sites for hydroxylation is 1. The fraction of sp³-hybridized carbons (Fsp3) is 0.417. The lowest BCUT2D eigenvalue weighted by atomic mass is 10.1. The predicted octanol–water partition coefficient (Wildman–Crippen LogP) is 1.85. The average Bonchev–Trinajstić information content (AvgIpc) is 2.74. The van der Waals surface area contributed by atoms with E-state index < -0.39 is 24.0 Å². The Labute approximate surface area is 98.4 Å². The van der Waals surface area contributed by atoms with Gasteiger partial charge in [-0.3, -0.25) is 9.59 Å². The van der Waals surface area contributed by atoms with Gasteiger partial charge in [0.2, 0.25) is 11.6 Å². The fourth-order valence-electron chi connectivity index (χ4n) is 1.32. The second kappa shape index (κ2) is 5.98. The van der Waals surface area contributed by atoms with Gasteiger partial charge in [-0.1, -0.05) is 13.3 Å². The Morgan fingerprint density at radius 3 is 2.59 bits per heavy atom. The molecule has 17 heavy (non-hydrogen) atoms. The zero-order valence-electron chi connectivity index (χ0n) is 9.56. The van der Waals surface area contributed by atoms with Crippen LogP contribution in [0.25, 0.3) is 0 Å². The van der Waals surface area contributed by atoms with Crippen LogP contribution >= 0.6 is 0 Å². The van der Waals surface area contributed by atoms with Gasteiger partial charge in [-0.25, -0.2) is 4.79 Å². The summed E-state index contributed by atoms with van der Waals surface area (Å²) in [6.07, 6.45) is 2.05. The molecule has 5 nitrogen and oxygen atoms in total. The molecule has 1 N–H and O–H groups in total. The number of carboxylic acids is 1. The number of carboxylic acid groups (broad SMARTS) is 1. The zero-order chi connectivity index (χ0) is 12.8. The molecular formula is C12H14O5. The monoisotopic (exact) mass is 238 g/mol. The molecule has 0 saturated heterocycles. The molecule has 0 aromatic carbocycles. The third-order valence-corrected chi connectivity index (χ3v) is 2.27. The Morgan fingerprint density at radius 1 is 1.29 bits per heavy atom. The third kappa shape index (κ3) is 3.86. The van der Waals surface area contributed by atoms with Gasteiger partial charge in [0.1, 0.15) is 5.76 Å². The molecule has 1 heterocycles. The highest BCUT2D eigenvalue weighted by Crippen LogP contribution is 2.12. The van der Waals surface area contributed by atoms with E-state index in [4.69, 9.17) is 9.52 Å². The van der Waals surface area contributed by atoms with Crippen LogP contribution in [0.3, 0.4) is 0 Å². The summed E-state index contributed by atoms with van der Waals surface area (Å²) in [6, 6.07) is 3.15.